The van der Waals surface area contributed by atoms with Crippen LogP contribution in [0.15, 0.2) is 42.6 Å². The Kier molecular flexibility index (Phi) is 8.03. The van der Waals surface area contributed by atoms with E-state index in [9.17, 15) is 4.79 Å². The predicted octanol–water partition coefficient (Wildman–Crippen LogP) is 5.06. The normalized spacial score (nSPS) is 15.3. The number of rotatable bonds is 8. The molecule has 0 radical (unpaired) electrons. The molecule has 5 rings (SSSR count). The van der Waals surface area contributed by atoms with Gasteiger partial charge in [-0.15, -0.1) is 0 Å². The minimum absolute atomic E-state index is 0.304. The summed E-state index contributed by atoms with van der Waals surface area (Å²) in [7, 11) is 4.62. The molecular formula is C30H34N5O3P. The number of hydrogen-bond donors (Lipinski definition) is 0. The number of hydrogen-bond acceptors (Lipinski definition) is 7. The Hall–Kier alpha value is -3.64. The van der Waals surface area contributed by atoms with Crippen LogP contribution in [-0.4, -0.2) is 37.1 Å². The van der Waals surface area contributed by atoms with E-state index in [1.165, 1.54) is 11.1 Å². The van der Waals surface area contributed by atoms with E-state index in [0.717, 1.165) is 59.3 Å². The summed E-state index contributed by atoms with van der Waals surface area (Å²) in [6, 6.07) is 9.89. The highest BCUT2D eigenvalue weighted by Crippen LogP contribution is 2.31. The van der Waals surface area contributed by atoms with Gasteiger partial charge in [-0.3, -0.25) is 0 Å². The minimum atomic E-state index is -0.414. The average Bonchev–Trinajstić information content (AvgIpc) is 3.24. The molecule has 0 saturated carbocycles. The van der Waals surface area contributed by atoms with Crippen molar-refractivity contribution < 1.29 is 14.3 Å². The number of fused-ring (bicyclic) bond motifs is 1. The first-order valence-corrected chi connectivity index (χ1v) is 13.9. The number of ether oxygens (including phenoxy) is 2. The summed E-state index contributed by atoms with van der Waals surface area (Å²) in [6.07, 6.45) is 7.73. The van der Waals surface area contributed by atoms with Crippen LogP contribution in [0.4, 0.5) is 0 Å². The Bertz CT molecular complexity index is 1560. The van der Waals surface area contributed by atoms with Crippen LogP contribution in [0.1, 0.15) is 65.0 Å². The molecule has 0 N–H and O–H groups in total. The first kappa shape index (κ1) is 26.9. The number of esters is 1. The molecule has 0 aliphatic heterocycles. The fourth-order valence-electron chi connectivity index (χ4n) is 4.95. The molecule has 0 saturated heterocycles. The van der Waals surface area contributed by atoms with Crippen molar-refractivity contribution in [3.8, 4) is 5.88 Å². The molecular weight excluding hydrogens is 509 g/mol. The molecule has 3 heterocycles. The standard InChI is InChI=1S/C30H34N5O3P/c1-5-37-30(36)24-13-12-23-28(33-24)35(4)26(32-23)15-20-7-10-21(11-8-20)27-31-16-25(39)29(34-27)38-17-22-9-6-18(2)14-19(22)3/h6,9-10,12-14,16,20H,5,7-8,11,15,17,39H2,1-4H3. The Morgan fingerprint density at radius 1 is 1.15 bits per heavy atom. The quantitative estimate of drug-likeness (QED) is 0.227. The Balaban J connectivity index is 1.26. The fourth-order valence-corrected chi connectivity index (χ4v) is 5.17. The maximum absolute atomic E-state index is 12.1. The van der Waals surface area contributed by atoms with Gasteiger partial charge in [-0.25, -0.2) is 19.7 Å². The van der Waals surface area contributed by atoms with Crippen LogP contribution in [0, 0.1) is 19.8 Å². The number of imidazole rings is 1. The van der Waals surface area contributed by atoms with Crippen LogP contribution in [0.2, 0.25) is 0 Å². The summed E-state index contributed by atoms with van der Waals surface area (Å²) in [6.45, 7) is 6.77. The highest BCUT2D eigenvalue weighted by Gasteiger charge is 2.21. The molecule has 202 valence electrons. The van der Waals surface area contributed by atoms with Crippen molar-refractivity contribution in [3.63, 3.8) is 0 Å². The van der Waals surface area contributed by atoms with E-state index in [-0.39, 0.29) is 0 Å². The van der Waals surface area contributed by atoms with Crippen molar-refractivity contribution in [1.82, 2.24) is 24.5 Å². The summed E-state index contributed by atoms with van der Waals surface area (Å²) in [5.41, 5.74) is 6.54. The van der Waals surface area contributed by atoms with E-state index in [4.69, 9.17) is 19.4 Å². The maximum atomic E-state index is 12.1. The highest BCUT2D eigenvalue weighted by atomic mass is 31.0. The van der Waals surface area contributed by atoms with Gasteiger partial charge >= 0.3 is 5.97 Å². The highest BCUT2D eigenvalue weighted by molar-refractivity contribution is 7.27. The number of carbonyl (C=O) groups is 1. The number of nitrogens with zero attached hydrogens (tertiary/aromatic N) is 5. The lowest BCUT2D eigenvalue weighted by Gasteiger charge is -2.21. The second kappa shape index (κ2) is 11.6. The SMILES string of the molecule is CCOC(=O)c1ccc2nc(CC3CC=C(c4ncc(P)c(OCc5ccc(C)cc5C)n4)CC3)n(C)c2n1. The molecule has 1 aromatic carbocycles. The Labute approximate surface area is 231 Å². The van der Waals surface area contributed by atoms with Crippen molar-refractivity contribution in [2.24, 2.45) is 13.0 Å². The summed E-state index contributed by atoms with van der Waals surface area (Å²) >= 11 is 0. The van der Waals surface area contributed by atoms with Crippen molar-refractivity contribution in [1.29, 1.82) is 0 Å². The lowest BCUT2D eigenvalue weighted by Crippen LogP contribution is -2.14. The number of carbonyl (C=O) groups excluding carboxylic acids is 1. The van der Waals surface area contributed by atoms with E-state index in [1.807, 2.05) is 23.9 Å². The molecule has 39 heavy (non-hydrogen) atoms. The van der Waals surface area contributed by atoms with E-state index in [1.54, 1.807) is 13.0 Å². The van der Waals surface area contributed by atoms with Crippen LogP contribution >= 0.6 is 9.24 Å². The van der Waals surface area contributed by atoms with Gasteiger partial charge < -0.3 is 14.0 Å². The summed E-state index contributed by atoms with van der Waals surface area (Å²) in [5.74, 6) is 2.33. The molecule has 0 bridgehead atoms. The van der Waals surface area contributed by atoms with Crippen LogP contribution in [0.25, 0.3) is 16.7 Å². The van der Waals surface area contributed by atoms with Crippen molar-refractivity contribution in [2.45, 2.75) is 53.1 Å². The Morgan fingerprint density at radius 2 is 2.00 bits per heavy atom. The second-order valence-corrected chi connectivity index (χ2v) is 10.7. The molecule has 3 aromatic heterocycles. The number of aryl methyl sites for hydroxylation is 3. The first-order valence-electron chi connectivity index (χ1n) is 13.3. The van der Waals surface area contributed by atoms with Gasteiger partial charge in [0.05, 0.1) is 6.61 Å². The third-order valence-electron chi connectivity index (χ3n) is 7.21. The maximum Gasteiger partial charge on any atom is 0.357 e. The predicted molar refractivity (Wildman–Crippen MR) is 155 cm³/mol. The van der Waals surface area contributed by atoms with Crippen molar-refractivity contribution in [2.75, 3.05) is 6.61 Å². The largest absolute Gasteiger partial charge is 0.472 e. The van der Waals surface area contributed by atoms with Crippen LogP contribution in [0.5, 0.6) is 5.88 Å². The molecule has 9 heteroatoms. The number of aromatic nitrogens is 5. The molecule has 1 aliphatic carbocycles. The number of benzene rings is 1. The minimum Gasteiger partial charge on any atom is -0.472 e. The first-order chi connectivity index (χ1) is 18.8. The zero-order valence-electron chi connectivity index (χ0n) is 22.9. The van der Waals surface area contributed by atoms with Gasteiger partial charge in [-0.1, -0.05) is 39.1 Å². The van der Waals surface area contributed by atoms with Gasteiger partial charge in [0.1, 0.15) is 17.9 Å². The molecule has 1 aliphatic rings. The monoisotopic (exact) mass is 543 g/mol. The third-order valence-corrected chi connectivity index (χ3v) is 7.61. The summed E-state index contributed by atoms with van der Waals surface area (Å²) in [4.78, 5) is 30.7. The molecule has 4 aromatic rings. The van der Waals surface area contributed by atoms with Gasteiger partial charge in [0.15, 0.2) is 17.2 Å². The molecule has 8 nitrogen and oxygen atoms in total. The zero-order chi connectivity index (χ0) is 27.5. The average molecular weight is 544 g/mol. The molecule has 0 amide bonds. The smallest absolute Gasteiger partial charge is 0.357 e. The van der Waals surface area contributed by atoms with Gasteiger partial charge in [-0.2, -0.15) is 4.98 Å². The topological polar surface area (TPSA) is 92.0 Å². The van der Waals surface area contributed by atoms with Crippen molar-refractivity contribution >= 4 is 37.3 Å². The van der Waals surface area contributed by atoms with E-state index in [0.29, 0.717) is 36.4 Å². The third kappa shape index (κ3) is 6.01. The lowest BCUT2D eigenvalue weighted by molar-refractivity contribution is 0.0520. The van der Waals surface area contributed by atoms with Crippen LogP contribution in [-0.2, 0) is 24.8 Å². The Morgan fingerprint density at radius 3 is 2.74 bits per heavy atom. The van der Waals surface area contributed by atoms with Gasteiger partial charge in [0.2, 0.25) is 5.88 Å². The summed E-state index contributed by atoms with van der Waals surface area (Å²) in [5, 5.41) is 0.847. The fraction of sp³-hybridized carbons (Fsp3) is 0.367. The van der Waals surface area contributed by atoms with E-state index in [2.05, 4.69) is 57.3 Å². The lowest BCUT2D eigenvalue weighted by atomic mass is 9.87. The zero-order valence-corrected chi connectivity index (χ0v) is 24.1. The van der Waals surface area contributed by atoms with E-state index < -0.39 is 5.97 Å². The molecule has 2 atom stereocenters. The van der Waals surface area contributed by atoms with Gasteiger partial charge in [0.25, 0.3) is 0 Å². The molecule has 0 fully saturated rings. The summed E-state index contributed by atoms with van der Waals surface area (Å²) < 4.78 is 13.2. The van der Waals surface area contributed by atoms with Crippen molar-refractivity contribution in [3.05, 3.63) is 76.6 Å². The molecule has 2 unspecified atom stereocenters. The molecule has 0 spiro atoms. The van der Waals surface area contributed by atoms with E-state index >= 15 is 0 Å². The second-order valence-electron chi connectivity index (χ2n) is 10.1. The van der Waals surface area contributed by atoms with Crippen LogP contribution < -0.4 is 10.0 Å². The number of pyridine rings is 1. The van der Waals surface area contributed by atoms with Crippen LogP contribution in [0.3, 0.4) is 0 Å². The van der Waals surface area contributed by atoms with Gasteiger partial charge in [-0.05, 0) is 74.8 Å². The number of allylic oxidation sites excluding steroid dienone is 2. The van der Waals surface area contributed by atoms with Gasteiger partial charge in [0, 0.05) is 25.0 Å².